The van der Waals surface area contributed by atoms with Gasteiger partial charge in [0.2, 0.25) is 11.7 Å². The van der Waals surface area contributed by atoms with Crippen molar-refractivity contribution in [2.45, 2.75) is 30.7 Å². The van der Waals surface area contributed by atoms with Gasteiger partial charge in [0.05, 0.1) is 20.8 Å². The number of phenolic OH excluding ortho intramolecular Hbond substituents is 3. The molecule has 0 bridgehead atoms. The van der Waals surface area contributed by atoms with Crippen LogP contribution in [-0.4, -0.2) is 87.3 Å². The van der Waals surface area contributed by atoms with Crippen molar-refractivity contribution in [3.63, 3.8) is 0 Å². The molecule has 0 saturated carbocycles. The molecule has 0 spiro atoms. The summed E-state index contributed by atoms with van der Waals surface area (Å²) in [6.45, 7) is -0.687. The van der Waals surface area contributed by atoms with Crippen molar-refractivity contribution >= 4 is 11.0 Å². The van der Waals surface area contributed by atoms with Crippen LogP contribution in [0.15, 0.2) is 33.5 Å². The topological polar surface area (TPSA) is 227 Å². The van der Waals surface area contributed by atoms with Gasteiger partial charge in [-0.25, -0.2) is 0 Å². The molecule has 1 aliphatic rings. The summed E-state index contributed by atoms with van der Waals surface area (Å²) in [5, 5.41) is 69.1. The van der Waals surface area contributed by atoms with E-state index in [0.717, 1.165) is 26.4 Å². The van der Waals surface area contributed by atoms with Crippen molar-refractivity contribution in [2.24, 2.45) is 0 Å². The van der Waals surface area contributed by atoms with Crippen molar-refractivity contribution in [1.82, 2.24) is 0 Å². The Bertz CT molecular complexity index is 1340. The van der Waals surface area contributed by atoms with E-state index in [-0.39, 0.29) is 33.8 Å². The van der Waals surface area contributed by atoms with E-state index in [9.17, 15) is 40.5 Å². The van der Waals surface area contributed by atoms with Crippen molar-refractivity contribution < 1.29 is 69.2 Å². The molecular weight excluding hydrogens is 516 g/mol. The van der Waals surface area contributed by atoms with Crippen molar-refractivity contribution in [2.75, 3.05) is 20.8 Å². The largest absolute Gasteiger partial charge is 0.504 e. The van der Waals surface area contributed by atoms with Crippen LogP contribution in [0.2, 0.25) is 0 Å². The van der Waals surface area contributed by atoms with Gasteiger partial charge in [-0.05, 0) is 12.1 Å². The number of hydrogen-bond donors (Lipinski definition) is 7. The normalized spacial score (nSPS) is 23.4. The summed E-state index contributed by atoms with van der Waals surface area (Å²) in [7, 11) is 2.27. The van der Waals surface area contributed by atoms with E-state index in [0.29, 0.717) is 0 Å². The summed E-state index contributed by atoms with van der Waals surface area (Å²) in [4.78, 5) is 32.8. The van der Waals surface area contributed by atoms with Gasteiger partial charge >= 0.3 is 0 Å². The molecule has 206 valence electrons. The lowest BCUT2D eigenvalue weighted by Gasteiger charge is -2.39. The third-order valence-electron chi connectivity index (χ3n) is 5.66. The molecule has 1 aromatic heterocycles. The van der Waals surface area contributed by atoms with E-state index in [1.807, 2.05) is 0 Å². The third kappa shape index (κ3) is 4.86. The molecule has 1 aliphatic heterocycles. The highest BCUT2D eigenvalue weighted by Gasteiger charge is 2.44. The van der Waals surface area contributed by atoms with Gasteiger partial charge in [-0.2, -0.15) is 9.78 Å². The van der Waals surface area contributed by atoms with Crippen LogP contribution in [-0.2, 0) is 14.5 Å². The Morgan fingerprint density at radius 3 is 2.16 bits per heavy atom. The Balaban J connectivity index is 1.88. The molecule has 0 aliphatic carbocycles. The quantitative estimate of drug-likeness (QED) is 0.110. The van der Waals surface area contributed by atoms with E-state index in [4.69, 9.17) is 28.6 Å². The van der Waals surface area contributed by atoms with Crippen molar-refractivity contribution in [1.29, 1.82) is 0 Å². The Labute approximate surface area is 212 Å². The minimum absolute atomic E-state index is 0.0988. The SMILES string of the molecule is COOc1c(-c2cc(O)c(O)c(O)c2)oc2cc(OC3OC(CO)C(O)C(O)C3O)cc(OOC)c2c1=O. The van der Waals surface area contributed by atoms with Gasteiger partial charge in [-0.3, -0.25) is 4.79 Å². The third-order valence-corrected chi connectivity index (χ3v) is 5.66. The highest BCUT2D eigenvalue weighted by atomic mass is 17.2. The van der Waals surface area contributed by atoms with E-state index in [1.54, 1.807) is 0 Å². The molecule has 38 heavy (non-hydrogen) atoms. The zero-order valence-corrected chi connectivity index (χ0v) is 19.8. The van der Waals surface area contributed by atoms with Crippen LogP contribution < -0.4 is 19.9 Å². The molecule has 0 amide bonds. The van der Waals surface area contributed by atoms with E-state index in [1.165, 1.54) is 12.1 Å². The molecule has 2 heterocycles. The number of aliphatic hydroxyl groups is 4. The molecule has 2 aromatic carbocycles. The molecule has 1 saturated heterocycles. The summed E-state index contributed by atoms with van der Waals surface area (Å²) in [6, 6.07) is 4.32. The summed E-state index contributed by atoms with van der Waals surface area (Å²) < 4.78 is 16.8. The van der Waals surface area contributed by atoms with Crippen molar-refractivity contribution in [3.8, 4) is 45.8 Å². The smallest absolute Gasteiger partial charge is 0.256 e. The lowest BCUT2D eigenvalue weighted by molar-refractivity contribution is -0.277. The zero-order valence-electron chi connectivity index (χ0n) is 19.8. The molecular formula is C23H24O15. The maximum Gasteiger partial charge on any atom is 0.256 e. The summed E-state index contributed by atoms with van der Waals surface area (Å²) >= 11 is 0. The molecule has 7 N–H and O–H groups in total. The first-order chi connectivity index (χ1) is 18.1. The van der Waals surface area contributed by atoms with E-state index >= 15 is 0 Å². The highest BCUT2D eigenvalue weighted by molar-refractivity contribution is 5.89. The highest BCUT2D eigenvalue weighted by Crippen LogP contribution is 2.43. The number of rotatable bonds is 8. The number of aliphatic hydroxyl groups excluding tert-OH is 4. The maximum atomic E-state index is 13.4. The summed E-state index contributed by atoms with van der Waals surface area (Å²) in [5.74, 6) is -3.51. The molecule has 5 unspecified atom stereocenters. The lowest BCUT2D eigenvalue weighted by Crippen LogP contribution is -2.60. The Kier molecular flexibility index (Phi) is 7.79. The van der Waals surface area contributed by atoms with E-state index in [2.05, 4.69) is 4.89 Å². The first-order valence-electron chi connectivity index (χ1n) is 10.9. The second-order valence-electron chi connectivity index (χ2n) is 8.06. The maximum absolute atomic E-state index is 13.4. The van der Waals surface area contributed by atoms with Crippen LogP contribution in [0.5, 0.6) is 34.5 Å². The molecule has 15 heteroatoms. The molecule has 0 radical (unpaired) electrons. The monoisotopic (exact) mass is 540 g/mol. The Morgan fingerprint density at radius 2 is 1.55 bits per heavy atom. The average molecular weight is 540 g/mol. The van der Waals surface area contributed by atoms with Gasteiger partial charge in [0.15, 0.2) is 28.8 Å². The van der Waals surface area contributed by atoms with Crippen molar-refractivity contribution in [3.05, 3.63) is 34.5 Å². The molecule has 3 aromatic rings. The second kappa shape index (κ2) is 10.9. The van der Waals surface area contributed by atoms with Gasteiger partial charge in [-0.15, -0.1) is 0 Å². The number of hydrogen-bond acceptors (Lipinski definition) is 15. The number of fused-ring (bicyclic) bond motifs is 1. The molecule has 5 atom stereocenters. The van der Waals surface area contributed by atoms with E-state index < -0.39 is 65.7 Å². The predicted octanol–water partition coefficient (Wildman–Crippen LogP) is -0.364. The first kappa shape index (κ1) is 27.2. The summed E-state index contributed by atoms with van der Waals surface area (Å²) in [6.07, 6.45) is -7.89. The lowest BCUT2D eigenvalue weighted by atomic mass is 9.99. The van der Waals surface area contributed by atoms with Crippen LogP contribution in [0.1, 0.15) is 0 Å². The number of benzene rings is 2. The van der Waals surface area contributed by atoms with Gasteiger partial charge in [0, 0.05) is 17.7 Å². The zero-order chi connectivity index (χ0) is 27.7. The van der Waals surface area contributed by atoms with Gasteiger partial charge in [0.25, 0.3) is 5.75 Å². The minimum atomic E-state index is -1.74. The molecule has 1 fully saturated rings. The Hall–Kier alpha value is -3.83. The van der Waals surface area contributed by atoms with Crippen LogP contribution in [0, 0.1) is 0 Å². The number of aromatic hydroxyl groups is 3. The fourth-order valence-electron chi connectivity index (χ4n) is 3.85. The average Bonchev–Trinajstić information content (AvgIpc) is 2.88. The van der Waals surface area contributed by atoms with Gasteiger partial charge < -0.3 is 59.4 Å². The molecule has 4 rings (SSSR count). The summed E-state index contributed by atoms with van der Waals surface area (Å²) in [5.41, 5.74) is -1.16. The van der Waals surface area contributed by atoms with Crippen LogP contribution in [0.25, 0.3) is 22.3 Å². The number of phenols is 3. The van der Waals surface area contributed by atoms with Crippen LogP contribution in [0.3, 0.4) is 0 Å². The first-order valence-corrected chi connectivity index (χ1v) is 10.9. The fraction of sp³-hybridized carbons (Fsp3) is 0.348. The minimum Gasteiger partial charge on any atom is -0.504 e. The van der Waals surface area contributed by atoms with Crippen LogP contribution in [0.4, 0.5) is 0 Å². The second-order valence-corrected chi connectivity index (χ2v) is 8.06. The fourth-order valence-corrected chi connectivity index (χ4v) is 3.85. The Morgan fingerprint density at radius 1 is 0.895 bits per heavy atom. The molecule has 15 nitrogen and oxygen atoms in total. The standard InChI is InChI=1S/C23H24O15/c1-32-37-13-6-9(34-23-20(31)19(30)17(28)14(7-24)36-23)5-12-15(13)18(29)22(38-33-2)21(35-12)8-3-10(25)16(27)11(26)4-8/h3-6,14,17,19-20,23-28,30-31H,7H2,1-2H3. The van der Waals surface area contributed by atoms with Gasteiger partial charge in [0.1, 0.15) is 41.1 Å². The number of ether oxygens (including phenoxy) is 2. The van der Waals surface area contributed by atoms with Gasteiger partial charge in [-0.1, -0.05) is 0 Å². The predicted molar refractivity (Wildman–Crippen MR) is 123 cm³/mol. The van der Waals surface area contributed by atoms with Crippen LogP contribution >= 0.6 is 0 Å².